The number of carbonyl (C=O) groups is 1. The lowest BCUT2D eigenvalue weighted by molar-refractivity contribution is 0.160. The molecule has 1 saturated heterocycles. The fraction of sp³-hybridized carbons (Fsp3) is 0.368. The molecule has 0 spiro atoms. The number of anilines is 1. The number of aromatic nitrogens is 1. The number of amides is 2. The van der Waals surface area contributed by atoms with Crippen molar-refractivity contribution in [3.05, 3.63) is 59.4 Å². The van der Waals surface area contributed by atoms with Crippen LogP contribution in [-0.2, 0) is 6.42 Å². The molecule has 1 aromatic carbocycles. The molecule has 2 amide bonds. The molecule has 25 heavy (non-hydrogen) atoms. The third-order valence-corrected chi connectivity index (χ3v) is 4.77. The first-order valence-corrected chi connectivity index (χ1v) is 8.91. The predicted molar refractivity (Wildman–Crippen MR) is 101 cm³/mol. The highest BCUT2D eigenvalue weighted by molar-refractivity contribution is 6.30. The SMILES string of the molecule is CN(CCc1ccncc1)C(=O)N1CCN(c2cccc(Cl)c2)CC1. The van der Waals surface area contributed by atoms with Crippen LogP contribution in [0.15, 0.2) is 48.8 Å². The fourth-order valence-corrected chi connectivity index (χ4v) is 3.20. The maximum Gasteiger partial charge on any atom is 0.319 e. The highest BCUT2D eigenvalue weighted by Crippen LogP contribution is 2.21. The van der Waals surface area contributed by atoms with Gasteiger partial charge in [-0.15, -0.1) is 0 Å². The van der Waals surface area contributed by atoms with Crippen molar-refractivity contribution in [2.45, 2.75) is 6.42 Å². The van der Waals surface area contributed by atoms with Crippen molar-refractivity contribution in [3.63, 3.8) is 0 Å². The van der Waals surface area contributed by atoms with Crippen LogP contribution in [0.4, 0.5) is 10.5 Å². The van der Waals surface area contributed by atoms with E-state index < -0.39 is 0 Å². The summed E-state index contributed by atoms with van der Waals surface area (Å²) < 4.78 is 0. The normalized spacial score (nSPS) is 14.5. The summed E-state index contributed by atoms with van der Waals surface area (Å²) in [6, 6.07) is 11.9. The van der Waals surface area contributed by atoms with Crippen LogP contribution in [0.1, 0.15) is 5.56 Å². The summed E-state index contributed by atoms with van der Waals surface area (Å²) in [7, 11) is 1.87. The second-order valence-corrected chi connectivity index (χ2v) is 6.70. The topological polar surface area (TPSA) is 39.7 Å². The fourth-order valence-electron chi connectivity index (χ4n) is 3.01. The first-order valence-electron chi connectivity index (χ1n) is 8.53. The minimum absolute atomic E-state index is 0.0970. The van der Waals surface area contributed by atoms with Gasteiger partial charge >= 0.3 is 6.03 Å². The maximum absolute atomic E-state index is 12.6. The number of rotatable bonds is 4. The third kappa shape index (κ3) is 4.63. The van der Waals surface area contributed by atoms with E-state index in [-0.39, 0.29) is 6.03 Å². The number of pyridine rings is 1. The summed E-state index contributed by atoms with van der Waals surface area (Å²) in [5.41, 5.74) is 2.31. The quantitative estimate of drug-likeness (QED) is 0.842. The molecule has 0 aliphatic carbocycles. The Morgan fingerprint density at radius 1 is 1.16 bits per heavy atom. The van der Waals surface area contributed by atoms with Crippen LogP contribution < -0.4 is 4.90 Å². The third-order valence-electron chi connectivity index (χ3n) is 4.54. The molecule has 0 bridgehead atoms. The smallest absolute Gasteiger partial charge is 0.319 e. The number of urea groups is 1. The van der Waals surface area contributed by atoms with Gasteiger partial charge in [-0.1, -0.05) is 17.7 Å². The monoisotopic (exact) mass is 358 g/mol. The number of hydrogen-bond donors (Lipinski definition) is 0. The van der Waals surface area contributed by atoms with E-state index in [9.17, 15) is 4.79 Å². The molecule has 1 fully saturated rings. The summed E-state index contributed by atoms with van der Waals surface area (Å²) >= 11 is 6.07. The van der Waals surface area contributed by atoms with E-state index in [1.165, 1.54) is 5.56 Å². The van der Waals surface area contributed by atoms with Gasteiger partial charge in [-0.3, -0.25) is 4.98 Å². The minimum atomic E-state index is 0.0970. The first kappa shape index (κ1) is 17.5. The molecular weight excluding hydrogens is 336 g/mol. The minimum Gasteiger partial charge on any atom is -0.368 e. The van der Waals surface area contributed by atoms with Gasteiger partial charge in [0.05, 0.1) is 0 Å². The van der Waals surface area contributed by atoms with Crippen LogP contribution in [0.2, 0.25) is 5.02 Å². The number of piperazine rings is 1. The molecule has 0 atom stereocenters. The van der Waals surface area contributed by atoms with Crippen molar-refractivity contribution in [2.24, 2.45) is 0 Å². The lowest BCUT2D eigenvalue weighted by Crippen LogP contribution is -2.52. The van der Waals surface area contributed by atoms with E-state index in [1.54, 1.807) is 17.3 Å². The van der Waals surface area contributed by atoms with Crippen LogP contribution >= 0.6 is 11.6 Å². The van der Waals surface area contributed by atoms with Gasteiger partial charge in [-0.2, -0.15) is 0 Å². The van der Waals surface area contributed by atoms with Crippen molar-refractivity contribution < 1.29 is 4.79 Å². The first-order chi connectivity index (χ1) is 12.1. The Balaban J connectivity index is 1.49. The Morgan fingerprint density at radius 2 is 1.88 bits per heavy atom. The Bertz CT molecular complexity index is 702. The predicted octanol–water partition coefficient (Wildman–Crippen LogP) is 3.15. The summed E-state index contributed by atoms with van der Waals surface area (Å²) in [4.78, 5) is 22.6. The molecule has 1 aromatic heterocycles. The molecule has 1 aliphatic heterocycles. The number of nitrogens with zero attached hydrogens (tertiary/aromatic N) is 4. The summed E-state index contributed by atoms with van der Waals surface area (Å²) in [6.45, 7) is 3.81. The average Bonchev–Trinajstić information content (AvgIpc) is 2.66. The van der Waals surface area contributed by atoms with Crippen LogP contribution in [-0.4, -0.2) is 60.6 Å². The van der Waals surface area contributed by atoms with E-state index in [2.05, 4.69) is 16.0 Å². The zero-order valence-electron chi connectivity index (χ0n) is 14.4. The lowest BCUT2D eigenvalue weighted by Gasteiger charge is -2.37. The summed E-state index contributed by atoms with van der Waals surface area (Å²) in [5.74, 6) is 0. The largest absolute Gasteiger partial charge is 0.368 e. The highest BCUT2D eigenvalue weighted by atomic mass is 35.5. The average molecular weight is 359 g/mol. The van der Waals surface area contributed by atoms with Crippen molar-refractivity contribution in [1.82, 2.24) is 14.8 Å². The van der Waals surface area contributed by atoms with Gasteiger partial charge in [0.25, 0.3) is 0 Å². The van der Waals surface area contributed by atoms with Gasteiger partial charge in [-0.25, -0.2) is 4.79 Å². The number of halogens is 1. The van der Waals surface area contributed by atoms with E-state index in [4.69, 9.17) is 11.6 Å². The zero-order chi connectivity index (χ0) is 17.6. The Hall–Kier alpha value is -2.27. The molecule has 2 heterocycles. The second-order valence-electron chi connectivity index (χ2n) is 6.26. The van der Waals surface area contributed by atoms with Gasteiger partial charge < -0.3 is 14.7 Å². The second kappa shape index (κ2) is 8.21. The van der Waals surface area contributed by atoms with E-state index in [0.717, 1.165) is 43.3 Å². The van der Waals surface area contributed by atoms with E-state index in [1.807, 2.05) is 42.3 Å². The van der Waals surface area contributed by atoms with Crippen LogP contribution in [0.5, 0.6) is 0 Å². The van der Waals surface area contributed by atoms with Crippen molar-refractivity contribution >= 4 is 23.3 Å². The van der Waals surface area contributed by atoms with E-state index >= 15 is 0 Å². The van der Waals surface area contributed by atoms with Crippen molar-refractivity contribution in [1.29, 1.82) is 0 Å². The van der Waals surface area contributed by atoms with Crippen LogP contribution in [0, 0.1) is 0 Å². The maximum atomic E-state index is 12.6. The van der Waals surface area contributed by atoms with Crippen molar-refractivity contribution in [2.75, 3.05) is 44.7 Å². The molecule has 2 aromatic rings. The molecule has 0 saturated carbocycles. The lowest BCUT2D eigenvalue weighted by atomic mass is 10.2. The Labute approximate surface area is 153 Å². The van der Waals surface area contributed by atoms with Gasteiger partial charge in [-0.05, 0) is 42.3 Å². The Morgan fingerprint density at radius 3 is 2.56 bits per heavy atom. The number of carbonyl (C=O) groups excluding carboxylic acids is 1. The zero-order valence-corrected chi connectivity index (χ0v) is 15.2. The molecule has 0 unspecified atom stereocenters. The van der Waals surface area contributed by atoms with Gasteiger partial charge in [0, 0.05) is 62.9 Å². The van der Waals surface area contributed by atoms with Crippen LogP contribution in [0.3, 0.4) is 0 Å². The molecule has 3 rings (SSSR count). The van der Waals surface area contributed by atoms with Crippen molar-refractivity contribution in [3.8, 4) is 0 Å². The van der Waals surface area contributed by atoms with Gasteiger partial charge in [0.1, 0.15) is 0 Å². The molecule has 132 valence electrons. The van der Waals surface area contributed by atoms with Gasteiger partial charge in [0.15, 0.2) is 0 Å². The van der Waals surface area contributed by atoms with Gasteiger partial charge in [0.2, 0.25) is 0 Å². The van der Waals surface area contributed by atoms with E-state index in [0.29, 0.717) is 6.54 Å². The van der Waals surface area contributed by atoms with Crippen LogP contribution in [0.25, 0.3) is 0 Å². The highest BCUT2D eigenvalue weighted by Gasteiger charge is 2.23. The summed E-state index contributed by atoms with van der Waals surface area (Å²) in [5, 5.41) is 0.742. The standard InChI is InChI=1S/C19H23ClN4O/c1-22(10-7-16-5-8-21-9-6-16)19(25)24-13-11-23(12-14-24)18-4-2-3-17(20)15-18/h2-6,8-9,15H,7,10-14H2,1H3. The molecule has 5 nitrogen and oxygen atoms in total. The molecule has 1 aliphatic rings. The molecule has 0 N–H and O–H groups in total. The number of benzene rings is 1. The molecule has 0 radical (unpaired) electrons. The Kier molecular flexibility index (Phi) is 5.76. The molecule has 6 heteroatoms. The number of hydrogen-bond acceptors (Lipinski definition) is 3. The number of likely N-dealkylation sites (N-methyl/N-ethyl adjacent to an activating group) is 1. The molecular formula is C19H23ClN4O. The summed E-state index contributed by atoms with van der Waals surface area (Å²) in [6.07, 6.45) is 4.41.